The lowest BCUT2D eigenvalue weighted by atomic mass is 10.1. The molecule has 0 unspecified atom stereocenters. The number of nitrogens with one attached hydrogen (secondary N) is 1. The largest absolute Gasteiger partial charge is 0.373 e. The fraction of sp³-hybridized carbons (Fsp3) is 0.200. The standard InChI is InChI=1S/C15H13N5O/c1-18-14-12-5-3-2-4-11(12)10-13(19-14)15(21)20(8-6-16)9-7-17/h2-5,10H,8-9H2,1H3,(H,18,19). The molecule has 0 aliphatic carbocycles. The van der Waals surface area contributed by atoms with Crippen LogP contribution in [0.25, 0.3) is 10.8 Å². The van der Waals surface area contributed by atoms with E-state index in [1.54, 1.807) is 13.1 Å². The van der Waals surface area contributed by atoms with Crippen LogP contribution in [-0.4, -0.2) is 35.9 Å². The lowest BCUT2D eigenvalue weighted by molar-refractivity contribution is 0.0789. The van der Waals surface area contributed by atoms with Gasteiger partial charge in [-0.05, 0) is 11.5 Å². The van der Waals surface area contributed by atoms with E-state index in [9.17, 15) is 4.79 Å². The molecule has 0 fully saturated rings. The van der Waals surface area contributed by atoms with Crippen molar-refractivity contribution in [1.29, 1.82) is 10.5 Å². The average Bonchev–Trinajstić information content (AvgIpc) is 2.52. The van der Waals surface area contributed by atoms with E-state index in [2.05, 4.69) is 10.3 Å². The van der Waals surface area contributed by atoms with Gasteiger partial charge in [0.15, 0.2) is 0 Å². The smallest absolute Gasteiger partial charge is 0.274 e. The van der Waals surface area contributed by atoms with Crippen LogP contribution in [0.1, 0.15) is 10.5 Å². The highest BCUT2D eigenvalue weighted by atomic mass is 16.2. The molecule has 1 amide bonds. The zero-order valence-corrected chi connectivity index (χ0v) is 11.5. The Morgan fingerprint density at radius 2 is 1.95 bits per heavy atom. The summed E-state index contributed by atoms with van der Waals surface area (Å²) in [6, 6.07) is 13.0. The Hall–Kier alpha value is -3.12. The van der Waals surface area contributed by atoms with E-state index in [0.717, 1.165) is 15.7 Å². The van der Waals surface area contributed by atoms with Gasteiger partial charge >= 0.3 is 0 Å². The molecule has 104 valence electrons. The van der Waals surface area contributed by atoms with Crippen molar-refractivity contribution in [2.45, 2.75) is 0 Å². The maximum Gasteiger partial charge on any atom is 0.274 e. The van der Waals surface area contributed by atoms with E-state index in [4.69, 9.17) is 10.5 Å². The van der Waals surface area contributed by atoms with E-state index < -0.39 is 5.91 Å². The third kappa shape index (κ3) is 2.90. The van der Waals surface area contributed by atoms with Gasteiger partial charge in [-0.2, -0.15) is 10.5 Å². The number of carbonyl (C=O) groups excluding carboxylic acids is 1. The van der Waals surface area contributed by atoms with Gasteiger partial charge in [-0.1, -0.05) is 24.3 Å². The summed E-state index contributed by atoms with van der Waals surface area (Å²) in [6.07, 6.45) is 0. The highest BCUT2D eigenvalue weighted by Crippen LogP contribution is 2.22. The Bertz CT molecular complexity index is 741. The molecule has 6 nitrogen and oxygen atoms in total. The molecule has 1 heterocycles. The van der Waals surface area contributed by atoms with Gasteiger partial charge in [-0.25, -0.2) is 4.98 Å². The number of anilines is 1. The monoisotopic (exact) mass is 279 g/mol. The predicted molar refractivity (Wildman–Crippen MR) is 78.4 cm³/mol. The molecule has 1 N–H and O–H groups in total. The fourth-order valence-electron chi connectivity index (χ4n) is 2.03. The quantitative estimate of drug-likeness (QED) is 0.861. The van der Waals surface area contributed by atoms with Gasteiger partial charge in [0.05, 0.1) is 12.1 Å². The molecule has 0 aliphatic rings. The lowest BCUT2D eigenvalue weighted by Crippen LogP contribution is -2.32. The van der Waals surface area contributed by atoms with Crippen LogP contribution in [0.5, 0.6) is 0 Å². The van der Waals surface area contributed by atoms with E-state index >= 15 is 0 Å². The molecule has 0 spiro atoms. The van der Waals surface area contributed by atoms with E-state index in [1.165, 1.54) is 0 Å². The van der Waals surface area contributed by atoms with Gasteiger partial charge in [-0.3, -0.25) is 4.79 Å². The summed E-state index contributed by atoms with van der Waals surface area (Å²) in [5.74, 6) is 0.158. The van der Waals surface area contributed by atoms with Crippen LogP contribution in [0.3, 0.4) is 0 Å². The topological polar surface area (TPSA) is 92.8 Å². The number of benzene rings is 1. The summed E-state index contributed by atoms with van der Waals surface area (Å²) in [5, 5.41) is 22.2. The van der Waals surface area contributed by atoms with Crippen molar-refractivity contribution in [3.05, 3.63) is 36.0 Å². The number of nitrogens with zero attached hydrogens (tertiary/aromatic N) is 4. The summed E-state index contributed by atoms with van der Waals surface area (Å²) in [6.45, 7) is -0.286. The molecule has 0 atom stereocenters. The van der Waals surface area contributed by atoms with Crippen LogP contribution in [0, 0.1) is 22.7 Å². The fourth-order valence-corrected chi connectivity index (χ4v) is 2.03. The second-order valence-corrected chi connectivity index (χ2v) is 4.30. The van der Waals surface area contributed by atoms with Gasteiger partial charge in [0.1, 0.15) is 24.6 Å². The maximum absolute atomic E-state index is 12.4. The number of rotatable bonds is 4. The first-order chi connectivity index (χ1) is 10.2. The molecule has 1 aromatic heterocycles. The van der Waals surface area contributed by atoms with Crippen LogP contribution in [-0.2, 0) is 0 Å². The van der Waals surface area contributed by atoms with Crippen molar-refractivity contribution in [2.75, 3.05) is 25.5 Å². The number of pyridine rings is 1. The Balaban J connectivity index is 2.49. The Morgan fingerprint density at radius 1 is 1.29 bits per heavy atom. The van der Waals surface area contributed by atoms with Gasteiger partial charge in [-0.15, -0.1) is 0 Å². The van der Waals surface area contributed by atoms with Crippen LogP contribution < -0.4 is 5.32 Å². The van der Waals surface area contributed by atoms with E-state index in [1.807, 2.05) is 36.4 Å². The summed E-state index contributed by atoms with van der Waals surface area (Å²) in [7, 11) is 1.73. The Morgan fingerprint density at radius 3 is 2.57 bits per heavy atom. The molecule has 0 radical (unpaired) electrons. The number of fused-ring (bicyclic) bond motifs is 1. The van der Waals surface area contributed by atoms with Gasteiger partial charge < -0.3 is 10.2 Å². The molecule has 0 aliphatic heterocycles. The average molecular weight is 279 g/mol. The summed E-state index contributed by atoms with van der Waals surface area (Å²) in [5.41, 5.74) is 0.212. The molecule has 0 saturated heterocycles. The van der Waals surface area contributed by atoms with Crippen LogP contribution in [0.15, 0.2) is 30.3 Å². The second kappa shape index (κ2) is 6.36. The van der Waals surface area contributed by atoms with E-state index in [-0.39, 0.29) is 18.8 Å². The number of hydrogen-bond donors (Lipinski definition) is 1. The number of hydrogen-bond acceptors (Lipinski definition) is 5. The van der Waals surface area contributed by atoms with Crippen molar-refractivity contribution < 1.29 is 4.79 Å². The Labute approximate surface area is 122 Å². The van der Waals surface area contributed by atoms with Crippen LogP contribution in [0.4, 0.5) is 5.82 Å². The van der Waals surface area contributed by atoms with Gasteiger partial charge in [0.25, 0.3) is 5.91 Å². The van der Waals surface area contributed by atoms with Crippen molar-refractivity contribution in [1.82, 2.24) is 9.88 Å². The van der Waals surface area contributed by atoms with E-state index in [0.29, 0.717) is 5.82 Å². The first kappa shape index (κ1) is 14.3. The molecule has 1 aromatic carbocycles. The second-order valence-electron chi connectivity index (χ2n) is 4.30. The minimum absolute atomic E-state index is 0.143. The molecule has 21 heavy (non-hydrogen) atoms. The van der Waals surface area contributed by atoms with Crippen molar-refractivity contribution in [3.63, 3.8) is 0 Å². The summed E-state index contributed by atoms with van der Waals surface area (Å²) >= 11 is 0. The molecule has 2 aromatic rings. The minimum atomic E-state index is -0.430. The third-order valence-electron chi connectivity index (χ3n) is 3.01. The molecule has 0 bridgehead atoms. The highest BCUT2D eigenvalue weighted by Gasteiger charge is 2.18. The van der Waals surface area contributed by atoms with Crippen molar-refractivity contribution in [2.24, 2.45) is 0 Å². The van der Waals surface area contributed by atoms with Gasteiger partial charge in [0.2, 0.25) is 0 Å². The van der Waals surface area contributed by atoms with Crippen molar-refractivity contribution in [3.8, 4) is 12.1 Å². The first-order valence-electron chi connectivity index (χ1n) is 6.32. The molecule has 0 saturated carbocycles. The predicted octanol–water partition coefficient (Wildman–Crippen LogP) is 1.77. The van der Waals surface area contributed by atoms with Crippen LogP contribution >= 0.6 is 0 Å². The summed E-state index contributed by atoms with van der Waals surface area (Å²) < 4.78 is 0. The number of amides is 1. The number of nitriles is 2. The Kier molecular flexibility index (Phi) is 4.33. The molecular formula is C15H13N5O. The lowest BCUT2D eigenvalue weighted by Gasteiger charge is -2.16. The number of carbonyl (C=O) groups is 1. The molecule has 2 rings (SSSR count). The zero-order chi connectivity index (χ0) is 15.2. The number of aromatic nitrogens is 1. The van der Waals surface area contributed by atoms with Gasteiger partial charge in [0, 0.05) is 12.4 Å². The first-order valence-corrected chi connectivity index (χ1v) is 6.32. The highest BCUT2D eigenvalue weighted by molar-refractivity contribution is 6.00. The molecular weight excluding hydrogens is 266 g/mol. The normalized spacial score (nSPS) is 9.67. The SMILES string of the molecule is CNc1nc(C(=O)N(CC#N)CC#N)cc2ccccc12. The van der Waals surface area contributed by atoms with Crippen LogP contribution in [0.2, 0.25) is 0 Å². The zero-order valence-electron chi connectivity index (χ0n) is 11.5. The summed E-state index contributed by atoms with van der Waals surface area (Å²) in [4.78, 5) is 17.8. The van der Waals surface area contributed by atoms with Crippen molar-refractivity contribution >= 4 is 22.5 Å². The molecule has 6 heteroatoms. The third-order valence-corrected chi connectivity index (χ3v) is 3.01. The minimum Gasteiger partial charge on any atom is -0.373 e. The maximum atomic E-state index is 12.4.